The molecule has 38 heavy (non-hydrogen) atoms. The van der Waals surface area contributed by atoms with Crippen LogP contribution in [0.4, 0.5) is 5.82 Å². The van der Waals surface area contributed by atoms with E-state index in [0.717, 1.165) is 68.6 Å². The lowest BCUT2D eigenvalue weighted by Crippen LogP contribution is -2.58. The van der Waals surface area contributed by atoms with E-state index in [1.54, 1.807) is 23.5 Å². The fourth-order valence-electron chi connectivity index (χ4n) is 5.88. The van der Waals surface area contributed by atoms with Gasteiger partial charge in [-0.15, -0.1) is 0 Å². The molecule has 0 amide bonds. The molecule has 0 radical (unpaired) electrons. The number of aromatic nitrogens is 6. The SMILES string of the molecule is CC[C@H]1CN(c2ncc(-c3ncc[nH]3)cc2Cl)CCN1C1CCN(Cc2ccc(-n3cncn3)cc2)CC1. The first-order valence-corrected chi connectivity index (χ1v) is 13.9. The maximum absolute atomic E-state index is 6.70. The molecule has 6 rings (SSSR count). The van der Waals surface area contributed by atoms with Crippen LogP contribution in [0.2, 0.25) is 5.02 Å². The van der Waals surface area contributed by atoms with E-state index >= 15 is 0 Å². The van der Waals surface area contributed by atoms with Crippen molar-refractivity contribution in [1.29, 1.82) is 0 Å². The number of piperidine rings is 1. The lowest BCUT2D eigenvalue weighted by molar-refractivity contribution is 0.0610. The Balaban J connectivity index is 1.03. The quantitative estimate of drug-likeness (QED) is 0.381. The van der Waals surface area contributed by atoms with Gasteiger partial charge >= 0.3 is 0 Å². The molecule has 2 aliphatic heterocycles. The molecule has 2 saturated heterocycles. The van der Waals surface area contributed by atoms with Gasteiger partial charge in [0.15, 0.2) is 0 Å². The number of pyridine rings is 1. The van der Waals surface area contributed by atoms with Crippen LogP contribution in [0.25, 0.3) is 17.1 Å². The van der Waals surface area contributed by atoms with Crippen molar-refractivity contribution >= 4 is 17.4 Å². The third-order valence-corrected chi connectivity index (χ3v) is 8.22. The molecule has 1 aromatic carbocycles. The zero-order valence-electron chi connectivity index (χ0n) is 21.7. The van der Waals surface area contributed by atoms with E-state index in [1.165, 1.54) is 18.4 Å². The molecule has 0 bridgehead atoms. The normalized spacial score (nSPS) is 19.7. The van der Waals surface area contributed by atoms with Crippen molar-refractivity contribution < 1.29 is 0 Å². The highest BCUT2D eigenvalue weighted by molar-refractivity contribution is 6.33. The number of hydrogen-bond donors (Lipinski definition) is 1. The highest BCUT2D eigenvalue weighted by Gasteiger charge is 2.34. The number of nitrogens with one attached hydrogen (secondary N) is 1. The van der Waals surface area contributed by atoms with Gasteiger partial charge in [-0.2, -0.15) is 5.10 Å². The second kappa shape index (κ2) is 11.2. The topological polar surface area (TPSA) is 82.0 Å². The molecular formula is C28H34ClN9. The summed E-state index contributed by atoms with van der Waals surface area (Å²) < 4.78 is 1.79. The second-order valence-corrected chi connectivity index (χ2v) is 10.6. The van der Waals surface area contributed by atoms with Gasteiger partial charge < -0.3 is 9.88 Å². The van der Waals surface area contributed by atoms with Crippen LogP contribution in [0.15, 0.2) is 61.6 Å². The fourth-order valence-corrected chi connectivity index (χ4v) is 6.17. The van der Waals surface area contributed by atoms with Crippen molar-refractivity contribution in [2.75, 3.05) is 37.6 Å². The molecule has 1 N–H and O–H groups in total. The fraction of sp³-hybridized carbons (Fsp3) is 0.429. The molecule has 0 spiro atoms. The Labute approximate surface area is 228 Å². The Morgan fingerprint density at radius 3 is 2.58 bits per heavy atom. The Morgan fingerprint density at radius 2 is 1.89 bits per heavy atom. The molecule has 0 unspecified atom stereocenters. The number of likely N-dealkylation sites (tertiary alicyclic amines) is 1. The first kappa shape index (κ1) is 25.0. The summed E-state index contributed by atoms with van der Waals surface area (Å²) in [5.74, 6) is 1.67. The maximum Gasteiger partial charge on any atom is 0.147 e. The van der Waals surface area contributed by atoms with Crippen molar-refractivity contribution in [1.82, 2.24) is 39.5 Å². The van der Waals surface area contributed by atoms with Gasteiger partial charge in [0.1, 0.15) is 24.3 Å². The number of H-pyrrole nitrogens is 1. The summed E-state index contributed by atoms with van der Waals surface area (Å²) in [4.78, 5) is 23.9. The predicted octanol–water partition coefficient (Wildman–Crippen LogP) is 4.27. The predicted molar refractivity (Wildman–Crippen MR) is 149 cm³/mol. The van der Waals surface area contributed by atoms with Crippen LogP contribution in [-0.4, -0.2) is 84.3 Å². The summed E-state index contributed by atoms with van der Waals surface area (Å²) in [5.41, 5.74) is 3.29. The van der Waals surface area contributed by atoms with Crippen LogP contribution in [0.5, 0.6) is 0 Å². The highest BCUT2D eigenvalue weighted by atomic mass is 35.5. The Hall–Kier alpha value is -3.27. The van der Waals surface area contributed by atoms with E-state index in [0.29, 0.717) is 17.1 Å². The molecule has 5 heterocycles. The van der Waals surface area contributed by atoms with Crippen LogP contribution in [0.3, 0.4) is 0 Å². The van der Waals surface area contributed by atoms with Gasteiger partial charge in [-0.25, -0.2) is 19.6 Å². The van der Waals surface area contributed by atoms with Crippen molar-refractivity contribution in [3.8, 4) is 17.1 Å². The van der Waals surface area contributed by atoms with Crippen LogP contribution in [0, 0.1) is 0 Å². The van der Waals surface area contributed by atoms with Gasteiger partial charge in [0, 0.05) is 62.4 Å². The number of imidazole rings is 1. The summed E-state index contributed by atoms with van der Waals surface area (Å²) in [6.45, 7) is 8.51. The molecule has 4 aromatic rings. The van der Waals surface area contributed by atoms with Gasteiger partial charge in [-0.1, -0.05) is 30.7 Å². The molecule has 9 nitrogen and oxygen atoms in total. The zero-order valence-corrected chi connectivity index (χ0v) is 22.5. The third-order valence-electron chi connectivity index (χ3n) is 7.94. The minimum absolute atomic E-state index is 0.507. The minimum atomic E-state index is 0.507. The lowest BCUT2D eigenvalue weighted by atomic mass is 9.97. The minimum Gasteiger partial charge on any atom is -0.353 e. The molecule has 2 fully saturated rings. The van der Waals surface area contributed by atoms with Crippen molar-refractivity contribution in [3.63, 3.8) is 0 Å². The maximum atomic E-state index is 6.70. The number of benzene rings is 1. The highest BCUT2D eigenvalue weighted by Crippen LogP contribution is 2.31. The van der Waals surface area contributed by atoms with Crippen LogP contribution in [-0.2, 0) is 6.54 Å². The largest absolute Gasteiger partial charge is 0.353 e. The van der Waals surface area contributed by atoms with E-state index in [1.807, 2.05) is 18.5 Å². The number of anilines is 1. The first-order chi connectivity index (χ1) is 18.7. The molecule has 1 atom stereocenters. The molecule has 0 saturated carbocycles. The molecular weight excluding hydrogens is 498 g/mol. The lowest BCUT2D eigenvalue weighted by Gasteiger charge is -2.47. The van der Waals surface area contributed by atoms with Gasteiger partial charge in [0.25, 0.3) is 0 Å². The van der Waals surface area contributed by atoms with Crippen LogP contribution >= 0.6 is 11.6 Å². The van der Waals surface area contributed by atoms with E-state index in [2.05, 4.69) is 65.9 Å². The Morgan fingerprint density at radius 1 is 1.05 bits per heavy atom. The molecule has 0 aliphatic carbocycles. The average Bonchev–Trinajstić information content (AvgIpc) is 3.69. The summed E-state index contributed by atoms with van der Waals surface area (Å²) in [6, 6.07) is 11.8. The smallest absolute Gasteiger partial charge is 0.147 e. The monoisotopic (exact) mass is 531 g/mol. The van der Waals surface area contributed by atoms with Crippen LogP contribution in [0.1, 0.15) is 31.7 Å². The van der Waals surface area contributed by atoms with E-state index in [4.69, 9.17) is 16.6 Å². The van der Waals surface area contributed by atoms with Crippen LogP contribution < -0.4 is 4.90 Å². The van der Waals surface area contributed by atoms with E-state index in [9.17, 15) is 0 Å². The van der Waals surface area contributed by atoms with Crippen molar-refractivity contribution in [3.05, 3.63) is 72.2 Å². The number of nitrogens with zero attached hydrogens (tertiary/aromatic N) is 8. The van der Waals surface area contributed by atoms with E-state index < -0.39 is 0 Å². The van der Waals surface area contributed by atoms with Crippen molar-refractivity contribution in [2.45, 2.75) is 44.8 Å². The zero-order chi connectivity index (χ0) is 25.9. The number of piperazine rings is 1. The number of rotatable bonds is 7. The second-order valence-electron chi connectivity index (χ2n) is 10.2. The first-order valence-electron chi connectivity index (χ1n) is 13.5. The molecule has 2 aliphatic rings. The number of aromatic amines is 1. The Bertz CT molecular complexity index is 1300. The summed E-state index contributed by atoms with van der Waals surface area (Å²) >= 11 is 6.70. The van der Waals surface area contributed by atoms with Gasteiger partial charge in [0.05, 0.1) is 10.7 Å². The van der Waals surface area contributed by atoms with Gasteiger partial charge in [-0.3, -0.25) is 9.80 Å². The molecule has 198 valence electrons. The number of halogens is 1. The summed E-state index contributed by atoms with van der Waals surface area (Å²) in [6.07, 6.45) is 12.3. The Kier molecular flexibility index (Phi) is 7.40. The van der Waals surface area contributed by atoms with E-state index in [-0.39, 0.29) is 0 Å². The number of hydrogen-bond acceptors (Lipinski definition) is 7. The molecule has 10 heteroatoms. The standard InChI is InChI=1S/C28H34ClN9/c1-2-23-18-36(28-26(29)15-22(16-33-28)27-31-9-10-32-27)13-14-37(23)24-7-11-35(12-8-24)17-21-3-5-25(6-4-21)38-20-30-19-34-38/h3-6,9-10,15-16,19-20,23-24H,2,7-8,11-14,17-18H2,1H3,(H,31,32)/t23-/m0/s1. The summed E-state index contributed by atoms with van der Waals surface area (Å²) in [7, 11) is 0. The average molecular weight is 532 g/mol. The molecule has 3 aromatic heterocycles. The summed E-state index contributed by atoms with van der Waals surface area (Å²) in [5, 5.41) is 4.90. The third kappa shape index (κ3) is 5.32. The van der Waals surface area contributed by atoms with Gasteiger partial charge in [-0.05, 0) is 56.1 Å². The van der Waals surface area contributed by atoms with Gasteiger partial charge in [0.2, 0.25) is 0 Å². The van der Waals surface area contributed by atoms with Crippen molar-refractivity contribution in [2.24, 2.45) is 0 Å².